The zero-order valence-electron chi connectivity index (χ0n) is 14.9. The zero-order chi connectivity index (χ0) is 18.4. The first-order valence-electron chi connectivity index (χ1n) is 8.57. The molecule has 26 heavy (non-hydrogen) atoms. The number of benzene rings is 2. The van der Waals surface area contributed by atoms with Gasteiger partial charge in [0.05, 0.1) is 11.9 Å². The quantitative estimate of drug-likeness (QED) is 0.564. The fourth-order valence-corrected chi connectivity index (χ4v) is 2.61. The van der Waals surface area contributed by atoms with E-state index in [-0.39, 0.29) is 6.03 Å². The first-order chi connectivity index (χ1) is 12.6. The number of pyridine rings is 1. The van der Waals surface area contributed by atoms with Crippen molar-refractivity contribution in [3.05, 3.63) is 78.5 Å². The molecule has 0 unspecified atom stereocenters. The summed E-state index contributed by atoms with van der Waals surface area (Å²) in [5.41, 5.74) is 3.64. The third-order valence-electron chi connectivity index (χ3n) is 3.90. The summed E-state index contributed by atoms with van der Waals surface area (Å²) >= 11 is 0. The van der Waals surface area contributed by atoms with Crippen LogP contribution in [0.4, 0.5) is 27.7 Å². The van der Waals surface area contributed by atoms with Crippen molar-refractivity contribution >= 4 is 28.9 Å². The molecular formula is C21H22N4O. The predicted molar refractivity (Wildman–Crippen MR) is 107 cm³/mol. The molecule has 3 rings (SSSR count). The van der Waals surface area contributed by atoms with Crippen LogP contribution in [0.2, 0.25) is 0 Å². The highest BCUT2D eigenvalue weighted by atomic mass is 16.2. The van der Waals surface area contributed by atoms with E-state index in [4.69, 9.17) is 0 Å². The molecule has 1 aromatic heterocycles. The van der Waals surface area contributed by atoms with Crippen molar-refractivity contribution < 1.29 is 4.79 Å². The molecule has 1 heterocycles. The Morgan fingerprint density at radius 1 is 0.846 bits per heavy atom. The van der Waals surface area contributed by atoms with E-state index < -0.39 is 0 Å². The van der Waals surface area contributed by atoms with Crippen molar-refractivity contribution in [2.75, 3.05) is 16.0 Å². The lowest BCUT2D eigenvalue weighted by molar-refractivity contribution is 0.262. The van der Waals surface area contributed by atoms with Gasteiger partial charge in [-0.25, -0.2) is 9.78 Å². The average molecular weight is 346 g/mol. The molecule has 3 N–H and O–H groups in total. The molecule has 132 valence electrons. The highest BCUT2D eigenvalue weighted by molar-refractivity contribution is 5.99. The van der Waals surface area contributed by atoms with E-state index in [0.29, 0.717) is 11.6 Å². The van der Waals surface area contributed by atoms with Crippen LogP contribution in [-0.4, -0.2) is 11.0 Å². The van der Waals surface area contributed by atoms with Crippen LogP contribution in [-0.2, 0) is 0 Å². The van der Waals surface area contributed by atoms with Gasteiger partial charge in [-0.15, -0.1) is 0 Å². The summed E-state index contributed by atoms with van der Waals surface area (Å²) in [5, 5.41) is 8.88. The summed E-state index contributed by atoms with van der Waals surface area (Å²) in [5.74, 6) is 1.15. The molecule has 0 saturated heterocycles. The van der Waals surface area contributed by atoms with Gasteiger partial charge < -0.3 is 16.0 Å². The molecule has 2 amide bonds. The highest BCUT2D eigenvalue weighted by Crippen LogP contribution is 2.26. The molecule has 0 saturated carbocycles. The fourth-order valence-electron chi connectivity index (χ4n) is 2.61. The number of rotatable bonds is 5. The van der Waals surface area contributed by atoms with E-state index in [9.17, 15) is 4.79 Å². The van der Waals surface area contributed by atoms with E-state index >= 15 is 0 Å². The van der Waals surface area contributed by atoms with Gasteiger partial charge in [-0.1, -0.05) is 50.2 Å². The van der Waals surface area contributed by atoms with Crippen LogP contribution < -0.4 is 16.0 Å². The summed E-state index contributed by atoms with van der Waals surface area (Å²) < 4.78 is 0. The molecule has 5 heteroatoms. The zero-order valence-corrected chi connectivity index (χ0v) is 14.9. The van der Waals surface area contributed by atoms with Crippen molar-refractivity contribution in [3.8, 4) is 0 Å². The number of nitrogens with zero attached hydrogens (tertiary/aromatic N) is 1. The second-order valence-corrected chi connectivity index (χ2v) is 6.24. The maximum absolute atomic E-state index is 12.0. The Bertz CT molecular complexity index is 861. The number of urea groups is 1. The Morgan fingerprint density at radius 2 is 1.54 bits per heavy atom. The Balaban J connectivity index is 1.63. The monoisotopic (exact) mass is 346 g/mol. The fraction of sp³-hybridized carbons (Fsp3) is 0.143. The molecule has 0 aliphatic carbocycles. The van der Waals surface area contributed by atoms with E-state index in [2.05, 4.69) is 40.8 Å². The van der Waals surface area contributed by atoms with Gasteiger partial charge in [0.25, 0.3) is 0 Å². The molecule has 0 aliphatic rings. The Labute approximate surface area is 153 Å². The van der Waals surface area contributed by atoms with Gasteiger partial charge in [0.15, 0.2) is 0 Å². The largest absolute Gasteiger partial charge is 0.340 e. The van der Waals surface area contributed by atoms with E-state index in [1.54, 1.807) is 6.20 Å². The first-order valence-corrected chi connectivity index (χ1v) is 8.57. The van der Waals surface area contributed by atoms with Gasteiger partial charge in [0.2, 0.25) is 0 Å². The predicted octanol–water partition coefficient (Wildman–Crippen LogP) is 5.59. The standard InChI is InChI=1S/C21H22N4O/c1-15(2)18-10-6-7-11-19(18)25-20-13-12-17(14-22-20)24-21(26)23-16-8-4-3-5-9-16/h3-15H,1-2H3,(H,22,25)(H2,23,24,26). The molecule has 0 atom stereocenters. The van der Waals surface area contributed by atoms with Gasteiger partial charge in [-0.2, -0.15) is 0 Å². The number of carbonyl (C=O) groups excluding carboxylic acids is 1. The number of anilines is 4. The highest BCUT2D eigenvalue weighted by Gasteiger charge is 2.07. The molecule has 0 aliphatic heterocycles. The number of amides is 2. The maximum atomic E-state index is 12.0. The van der Waals surface area contributed by atoms with Crippen molar-refractivity contribution in [2.45, 2.75) is 19.8 Å². The lowest BCUT2D eigenvalue weighted by Crippen LogP contribution is -2.19. The average Bonchev–Trinajstić information content (AvgIpc) is 2.64. The van der Waals surface area contributed by atoms with Crippen LogP contribution in [0.1, 0.15) is 25.3 Å². The van der Waals surface area contributed by atoms with Gasteiger partial charge >= 0.3 is 6.03 Å². The van der Waals surface area contributed by atoms with Crippen LogP contribution in [0.15, 0.2) is 72.9 Å². The third kappa shape index (κ3) is 4.60. The van der Waals surface area contributed by atoms with Gasteiger partial charge in [0.1, 0.15) is 5.82 Å². The summed E-state index contributed by atoms with van der Waals surface area (Å²) in [6, 6.07) is 20.8. The molecule has 0 fully saturated rings. The van der Waals surface area contributed by atoms with Crippen LogP contribution in [0, 0.1) is 0 Å². The normalized spacial score (nSPS) is 10.4. The number of para-hydroxylation sites is 2. The maximum Gasteiger partial charge on any atom is 0.323 e. The van der Waals surface area contributed by atoms with E-state index in [1.807, 2.05) is 60.7 Å². The lowest BCUT2D eigenvalue weighted by Gasteiger charge is -2.14. The second kappa shape index (κ2) is 8.16. The third-order valence-corrected chi connectivity index (χ3v) is 3.90. The Morgan fingerprint density at radius 3 is 2.23 bits per heavy atom. The summed E-state index contributed by atoms with van der Waals surface area (Å²) in [6.45, 7) is 4.32. The molecule has 2 aromatic carbocycles. The molecule has 0 spiro atoms. The summed E-state index contributed by atoms with van der Waals surface area (Å²) in [7, 11) is 0. The summed E-state index contributed by atoms with van der Waals surface area (Å²) in [4.78, 5) is 16.4. The minimum absolute atomic E-state index is 0.302. The van der Waals surface area contributed by atoms with Crippen LogP contribution in [0.25, 0.3) is 0 Å². The number of carbonyl (C=O) groups is 1. The molecule has 0 bridgehead atoms. The lowest BCUT2D eigenvalue weighted by atomic mass is 10.0. The topological polar surface area (TPSA) is 66.0 Å². The molecule has 0 radical (unpaired) electrons. The number of hydrogen-bond acceptors (Lipinski definition) is 3. The second-order valence-electron chi connectivity index (χ2n) is 6.24. The molecule has 3 aromatic rings. The smallest absolute Gasteiger partial charge is 0.323 e. The van der Waals surface area contributed by atoms with Crippen molar-refractivity contribution in [2.24, 2.45) is 0 Å². The molecule has 5 nitrogen and oxygen atoms in total. The van der Waals surface area contributed by atoms with Gasteiger partial charge in [-0.3, -0.25) is 0 Å². The van der Waals surface area contributed by atoms with E-state index in [0.717, 1.165) is 17.2 Å². The molecular weight excluding hydrogens is 324 g/mol. The minimum Gasteiger partial charge on any atom is -0.340 e. The first kappa shape index (κ1) is 17.5. The van der Waals surface area contributed by atoms with Crippen molar-refractivity contribution in [1.29, 1.82) is 0 Å². The van der Waals surface area contributed by atoms with Gasteiger partial charge in [0, 0.05) is 11.4 Å². The number of hydrogen-bond donors (Lipinski definition) is 3. The van der Waals surface area contributed by atoms with Crippen LogP contribution in [0.3, 0.4) is 0 Å². The Kier molecular flexibility index (Phi) is 5.49. The van der Waals surface area contributed by atoms with Crippen molar-refractivity contribution in [3.63, 3.8) is 0 Å². The van der Waals surface area contributed by atoms with Crippen molar-refractivity contribution in [1.82, 2.24) is 4.98 Å². The number of nitrogens with one attached hydrogen (secondary N) is 3. The minimum atomic E-state index is -0.302. The van der Waals surface area contributed by atoms with E-state index in [1.165, 1.54) is 5.56 Å². The Hall–Kier alpha value is -3.34. The van der Waals surface area contributed by atoms with Gasteiger partial charge in [-0.05, 0) is 41.8 Å². The summed E-state index contributed by atoms with van der Waals surface area (Å²) in [6.07, 6.45) is 1.63. The number of aromatic nitrogens is 1. The SMILES string of the molecule is CC(C)c1ccccc1Nc1ccc(NC(=O)Nc2ccccc2)cn1. The van der Waals surface area contributed by atoms with Crippen LogP contribution >= 0.6 is 0 Å². The van der Waals surface area contributed by atoms with Crippen LogP contribution in [0.5, 0.6) is 0 Å².